The second-order valence-electron chi connectivity index (χ2n) is 8.49. The average molecular weight is 479 g/mol. The predicted octanol–water partition coefficient (Wildman–Crippen LogP) is 5.75. The normalized spacial score (nSPS) is 15.0. The first kappa shape index (κ1) is 22.5. The molecule has 0 aliphatic carbocycles. The quantitative estimate of drug-likeness (QED) is 0.366. The van der Waals surface area contributed by atoms with Gasteiger partial charge in [-0.05, 0) is 60.9 Å². The SMILES string of the molecule is Cc1c(C2=CCN(S(=O)(=O)c3cccc(F)c3)CC2)c2ccccc2n1Cc1cccc(F)c1. The summed E-state index contributed by atoms with van der Waals surface area (Å²) in [7, 11) is -3.77. The van der Waals surface area contributed by atoms with E-state index in [9.17, 15) is 17.2 Å². The van der Waals surface area contributed by atoms with Crippen molar-refractivity contribution in [3.63, 3.8) is 0 Å². The Morgan fingerprint density at radius 2 is 1.65 bits per heavy atom. The number of halogens is 2. The van der Waals surface area contributed by atoms with E-state index in [1.165, 1.54) is 28.6 Å². The number of hydrogen-bond donors (Lipinski definition) is 0. The van der Waals surface area contributed by atoms with Crippen molar-refractivity contribution in [2.75, 3.05) is 13.1 Å². The second kappa shape index (κ2) is 8.81. The highest BCUT2D eigenvalue weighted by molar-refractivity contribution is 7.89. The molecule has 0 N–H and O–H groups in total. The number of para-hydroxylation sites is 1. The van der Waals surface area contributed by atoms with Gasteiger partial charge in [0.15, 0.2) is 0 Å². The van der Waals surface area contributed by atoms with Crippen LogP contribution in [0, 0.1) is 18.6 Å². The first-order valence-electron chi connectivity index (χ1n) is 11.1. The van der Waals surface area contributed by atoms with Crippen LogP contribution >= 0.6 is 0 Å². The van der Waals surface area contributed by atoms with Crippen molar-refractivity contribution in [2.45, 2.75) is 24.8 Å². The summed E-state index contributed by atoms with van der Waals surface area (Å²) in [4.78, 5) is -0.0350. The van der Waals surface area contributed by atoms with Gasteiger partial charge in [-0.1, -0.05) is 42.5 Å². The van der Waals surface area contributed by atoms with E-state index >= 15 is 0 Å². The summed E-state index contributed by atoms with van der Waals surface area (Å²) < 4.78 is 56.9. The fraction of sp³-hybridized carbons (Fsp3) is 0.185. The molecule has 0 unspecified atom stereocenters. The van der Waals surface area contributed by atoms with Crippen LogP contribution < -0.4 is 0 Å². The minimum absolute atomic E-state index is 0.0350. The molecule has 174 valence electrons. The van der Waals surface area contributed by atoms with Gasteiger partial charge in [0.05, 0.1) is 4.90 Å². The standard InChI is InChI=1S/C27H24F2N2O2S/c1-19-27(21-12-14-30(15-13-21)34(32,33)24-9-5-8-23(29)17-24)25-10-2-3-11-26(25)31(19)18-20-6-4-7-22(28)16-20/h2-12,16-17H,13-15,18H2,1H3. The van der Waals surface area contributed by atoms with Crippen LogP contribution in [0.4, 0.5) is 8.78 Å². The molecule has 0 spiro atoms. The molecule has 0 saturated carbocycles. The molecule has 7 heteroatoms. The van der Waals surface area contributed by atoms with Gasteiger partial charge >= 0.3 is 0 Å². The third kappa shape index (κ3) is 4.06. The number of aromatic nitrogens is 1. The molecule has 1 aliphatic rings. The minimum atomic E-state index is -3.77. The van der Waals surface area contributed by atoms with Crippen LogP contribution in [0.15, 0.2) is 83.8 Å². The van der Waals surface area contributed by atoms with Crippen LogP contribution in [0.3, 0.4) is 0 Å². The zero-order chi connectivity index (χ0) is 23.9. The Hall–Kier alpha value is -3.29. The third-order valence-corrected chi connectivity index (χ3v) is 8.25. The molecule has 1 aliphatic heterocycles. The maximum atomic E-state index is 13.8. The number of sulfonamides is 1. The number of rotatable bonds is 5. The molecule has 4 nitrogen and oxygen atoms in total. The topological polar surface area (TPSA) is 42.3 Å². The highest BCUT2D eigenvalue weighted by atomic mass is 32.2. The summed E-state index contributed by atoms with van der Waals surface area (Å²) in [5, 5.41) is 1.09. The smallest absolute Gasteiger partial charge is 0.243 e. The Labute approximate surface area is 197 Å². The van der Waals surface area contributed by atoms with E-state index in [0.717, 1.165) is 39.4 Å². The van der Waals surface area contributed by atoms with Gasteiger partial charge in [-0.25, -0.2) is 17.2 Å². The third-order valence-electron chi connectivity index (χ3n) is 6.39. The fourth-order valence-corrected chi connectivity index (χ4v) is 6.14. The summed E-state index contributed by atoms with van der Waals surface area (Å²) in [6.45, 7) is 3.12. The van der Waals surface area contributed by atoms with Crippen molar-refractivity contribution in [3.05, 3.63) is 107 Å². The molecule has 0 saturated heterocycles. The van der Waals surface area contributed by atoms with Crippen molar-refractivity contribution in [1.82, 2.24) is 8.87 Å². The zero-order valence-corrected chi connectivity index (χ0v) is 19.5. The lowest BCUT2D eigenvalue weighted by molar-refractivity contribution is 0.440. The van der Waals surface area contributed by atoms with Gasteiger partial charge in [-0.15, -0.1) is 0 Å². The molecule has 0 radical (unpaired) electrons. The van der Waals surface area contributed by atoms with E-state index in [-0.39, 0.29) is 17.3 Å². The van der Waals surface area contributed by atoms with Crippen LogP contribution in [0.2, 0.25) is 0 Å². The second-order valence-corrected chi connectivity index (χ2v) is 10.4. The van der Waals surface area contributed by atoms with Gasteiger partial charge in [0, 0.05) is 41.8 Å². The number of benzene rings is 3. The molecule has 1 aromatic heterocycles. The molecule has 3 aromatic carbocycles. The molecular weight excluding hydrogens is 454 g/mol. The van der Waals surface area contributed by atoms with Crippen molar-refractivity contribution in [3.8, 4) is 0 Å². The van der Waals surface area contributed by atoms with Crippen LogP contribution in [-0.2, 0) is 16.6 Å². The van der Waals surface area contributed by atoms with E-state index in [1.54, 1.807) is 12.1 Å². The van der Waals surface area contributed by atoms with E-state index in [0.29, 0.717) is 19.5 Å². The van der Waals surface area contributed by atoms with Crippen LogP contribution in [0.25, 0.3) is 16.5 Å². The Balaban J connectivity index is 1.50. The van der Waals surface area contributed by atoms with Crippen molar-refractivity contribution < 1.29 is 17.2 Å². The molecule has 2 heterocycles. The van der Waals surface area contributed by atoms with Crippen LogP contribution in [-0.4, -0.2) is 30.4 Å². The summed E-state index contributed by atoms with van der Waals surface area (Å²) in [6, 6.07) is 19.8. The molecule has 34 heavy (non-hydrogen) atoms. The van der Waals surface area contributed by atoms with Gasteiger partial charge in [0.2, 0.25) is 10.0 Å². The Morgan fingerprint density at radius 1 is 0.912 bits per heavy atom. The lowest BCUT2D eigenvalue weighted by Crippen LogP contribution is -2.34. The van der Waals surface area contributed by atoms with Gasteiger partial charge in [0.1, 0.15) is 11.6 Å². The first-order valence-corrected chi connectivity index (χ1v) is 12.6. The van der Waals surface area contributed by atoms with E-state index < -0.39 is 15.8 Å². The molecule has 0 bridgehead atoms. The Bertz CT molecular complexity index is 1520. The van der Waals surface area contributed by atoms with E-state index in [4.69, 9.17) is 0 Å². The molecule has 0 fully saturated rings. The van der Waals surface area contributed by atoms with Gasteiger partial charge in [-0.2, -0.15) is 4.31 Å². The fourth-order valence-electron chi connectivity index (χ4n) is 4.73. The highest BCUT2D eigenvalue weighted by Crippen LogP contribution is 2.35. The Morgan fingerprint density at radius 3 is 2.35 bits per heavy atom. The van der Waals surface area contributed by atoms with Crippen LogP contribution in [0.1, 0.15) is 23.2 Å². The summed E-state index contributed by atoms with van der Waals surface area (Å²) in [5.74, 6) is -0.836. The summed E-state index contributed by atoms with van der Waals surface area (Å²) in [5.41, 5.74) is 5.15. The summed E-state index contributed by atoms with van der Waals surface area (Å²) in [6.07, 6.45) is 2.49. The predicted molar refractivity (Wildman–Crippen MR) is 130 cm³/mol. The minimum Gasteiger partial charge on any atom is -0.340 e. The lowest BCUT2D eigenvalue weighted by Gasteiger charge is -2.26. The molecule has 4 aromatic rings. The Kier molecular flexibility index (Phi) is 5.83. The molecule has 5 rings (SSSR count). The van der Waals surface area contributed by atoms with Crippen molar-refractivity contribution in [1.29, 1.82) is 0 Å². The maximum absolute atomic E-state index is 13.8. The number of hydrogen-bond acceptors (Lipinski definition) is 2. The first-order chi connectivity index (χ1) is 16.3. The largest absolute Gasteiger partial charge is 0.340 e. The average Bonchev–Trinajstić information content (AvgIpc) is 3.10. The van der Waals surface area contributed by atoms with Gasteiger partial charge in [0.25, 0.3) is 0 Å². The summed E-state index contributed by atoms with van der Waals surface area (Å²) >= 11 is 0. The van der Waals surface area contributed by atoms with Crippen molar-refractivity contribution >= 4 is 26.5 Å². The molecule has 0 atom stereocenters. The van der Waals surface area contributed by atoms with Gasteiger partial charge in [-0.3, -0.25) is 0 Å². The lowest BCUT2D eigenvalue weighted by atomic mass is 9.97. The number of nitrogens with zero attached hydrogens (tertiary/aromatic N) is 2. The highest BCUT2D eigenvalue weighted by Gasteiger charge is 2.28. The monoisotopic (exact) mass is 478 g/mol. The van der Waals surface area contributed by atoms with E-state index in [2.05, 4.69) is 16.7 Å². The maximum Gasteiger partial charge on any atom is 0.243 e. The molecular formula is C27H24F2N2O2S. The number of fused-ring (bicyclic) bond motifs is 1. The van der Waals surface area contributed by atoms with Crippen molar-refractivity contribution in [2.24, 2.45) is 0 Å². The van der Waals surface area contributed by atoms with E-state index in [1.807, 2.05) is 31.2 Å². The molecule has 0 amide bonds. The van der Waals surface area contributed by atoms with Crippen LogP contribution in [0.5, 0.6) is 0 Å². The van der Waals surface area contributed by atoms with Gasteiger partial charge < -0.3 is 4.57 Å². The zero-order valence-electron chi connectivity index (χ0n) is 18.7.